The molecule has 0 radical (unpaired) electrons. The fraction of sp³-hybridized carbons (Fsp3) is 0.308. The molecule has 0 fully saturated rings. The van der Waals surface area contributed by atoms with Gasteiger partial charge in [0.2, 0.25) is 0 Å². The van der Waals surface area contributed by atoms with E-state index in [1.54, 1.807) is 35.7 Å². The summed E-state index contributed by atoms with van der Waals surface area (Å²) in [5.41, 5.74) is 0.581. The van der Waals surface area contributed by atoms with Crippen molar-refractivity contribution in [3.8, 4) is 0 Å². The minimum absolute atomic E-state index is 0.156. The minimum Gasteiger partial charge on any atom is -0.304 e. The molecule has 0 aliphatic rings. The minimum atomic E-state index is -0.347. The van der Waals surface area contributed by atoms with Gasteiger partial charge in [0.15, 0.2) is 0 Å². The Morgan fingerprint density at radius 3 is 3.00 bits per heavy atom. The average molecular weight is 285 g/mol. The maximum atomic E-state index is 13.7. The molecule has 1 N–H and O–H groups in total. The standard InChI is InChI=1S/C13H14ClFN2S/c1-2-11(13-16-6-7-18-13)17-8-9-4-3-5-10(14)12(9)15/h3-7,11,17H,2,8H2,1H3. The molecule has 1 aromatic carbocycles. The summed E-state index contributed by atoms with van der Waals surface area (Å²) in [5.74, 6) is -0.347. The number of rotatable bonds is 5. The Morgan fingerprint density at radius 2 is 2.33 bits per heavy atom. The Bertz CT molecular complexity index is 502. The summed E-state index contributed by atoms with van der Waals surface area (Å²) in [6.07, 6.45) is 2.69. The van der Waals surface area contributed by atoms with Gasteiger partial charge in [-0.1, -0.05) is 30.7 Å². The Balaban J connectivity index is 2.04. The lowest BCUT2D eigenvalue weighted by Gasteiger charge is -2.14. The molecular formula is C13H14ClFN2S. The highest BCUT2D eigenvalue weighted by Crippen LogP contribution is 2.21. The molecule has 0 spiro atoms. The zero-order chi connectivity index (χ0) is 13.0. The van der Waals surface area contributed by atoms with Crippen molar-refractivity contribution in [2.75, 3.05) is 0 Å². The molecular weight excluding hydrogens is 271 g/mol. The van der Waals surface area contributed by atoms with Crippen LogP contribution in [-0.4, -0.2) is 4.98 Å². The van der Waals surface area contributed by atoms with Gasteiger partial charge >= 0.3 is 0 Å². The highest BCUT2D eigenvalue weighted by Gasteiger charge is 2.13. The van der Waals surface area contributed by atoms with Crippen LogP contribution in [0.5, 0.6) is 0 Å². The third-order valence-electron chi connectivity index (χ3n) is 2.73. The zero-order valence-corrected chi connectivity index (χ0v) is 11.6. The maximum absolute atomic E-state index is 13.7. The Kier molecular flexibility index (Phi) is 4.69. The summed E-state index contributed by atoms with van der Waals surface area (Å²) in [6.45, 7) is 2.53. The van der Waals surface area contributed by atoms with E-state index in [4.69, 9.17) is 11.6 Å². The molecule has 1 heterocycles. The number of nitrogens with one attached hydrogen (secondary N) is 1. The first-order chi connectivity index (χ1) is 8.72. The second-order valence-corrected chi connectivity index (χ2v) is 5.26. The zero-order valence-electron chi connectivity index (χ0n) is 9.99. The number of hydrogen-bond donors (Lipinski definition) is 1. The molecule has 2 aromatic rings. The van der Waals surface area contributed by atoms with E-state index in [9.17, 15) is 4.39 Å². The van der Waals surface area contributed by atoms with E-state index in [0.717, 1.165) is 11.4 Å². The van der Waals surface area contributed by atoms with Gasteiger partial charge in [0.1, 0.15) is 10.8 Å². The molecule has 96 valence electrons. The van der Waals surface area contributed by atoms with Gasteiger partial charge in [-0.25, -0.2) is 9.37 Å². The van der Waals surface area contributed by atoms with Gasteiger partial charge < -0.3 is 5.32 Å². The lowest BCUT2D eigenvalue weighted by Crippen LogP contribution is -2.20. The smallest absolute Gasteiger partial charge is 0.146 e. The Morgan fingerprint density at radius 1 is 1.50 bits per heavy atom. The lowest BCUT2D eigenvalue weighted by atomic mass is 10.2. The first-order valence-electron chi connectivity index (χ1n) is 5.78. The molecule has 5 heteroatoms. The fourth-order valence-electron chi connectivity index (χ4n) is 1.73. The first-order valence-corrected chi connectivity index (χ1v) is 7.03. The van der Waals surface area contributed by atoms with Crippen LogP contribution in [0.2, 0.25) is 5.02 Å². The SMILES string of the molecule is CCC(NCc1cccc(Cl)c1F)c1nccs1. The van der Waals surface area contributed by atoms with Gasteiger partial charge in [0.05, 0.1) is 11.1 Å². The highest BCUT2D eigenvalue weighted by molar-refractivity contribution is 7.09. The maximum Gasteiger partial charge on any atom is 0.146 e. The van der Waals surface area contributed by atoms with Crippen molar-refractivity contribution in [1.82, 2.24) is 10.3 Å². The second-order valence-electron chi connectivity index (χ2n) is 3.93. The van der Waals surface area contributed by atoms with Gasteiger partial charge in [-0.3, -0.25) is 0 Å². The van der Waals surface area contributed by atoms with Crippen molar-refractivity contribution in [3.63, 3.8) is 0 Å². The van der Waals surface area contributed by atoms with Crippen LogP contribution in [0.4, 0.5) is 4.39 Å². The van der Waals surface area contributed by atoms with Gasteiger partial charge in [-0.2, -0.15) is 0 Å². The quantitative estimate of drug-likeness (QED) is 0.891. The van der Waals surface area contributed by atoms with E-state index in [1.165, 1.54) is 0 Å². The Labute approximate surface area is 115 Å². The van der Waals surface area contributed by atoms with E-state index >= 15 is 0 Å². The van der Waals surface area contributed by atoms with Crippen molar-refractivity contribution < 1.29 is 4.39 Å². The molecule has 18 heavy (non-hydrogen) atoms. The summed E-state index contributed by atoms with van der Waals surface area (Å²) >= 11 is 7.35. The van der Waals surface area contributed by atoms with Crippen LogP contribution in [0.15, 0.2) is 29.8 Å². The summed E-state index contributed by atoms with van der Waals surface area (Å²) in [4.78, 5) is 4.28. The topological polar surface area (TPSA) is 24.9 Å². The number of aromatic nitrogens is 1. The average Bonchev–Trinajstić information content (AvgIpc) is 2.89. The molecule has 0 saturated carbocycles. The molecule has 2 nitrogen and oxygen atoms in total. The van der Waals surface area contributed by atoms with E-state index in [-0.39, 0.29) is 16.9 Å². The number of nitrogens with zero attached hydrogens (tertiary/aromatic N) is 1. The summed E-state index contributed by atoms with van der Waals surface area (Å²) in [7, 11) is 0. The molecule has 1 atom stereocenters. The fourth-order valence-corrected chi connectivity index (χ4v) is 2.72. The van der Waals surface area contributed by atoms with Crippen molar-refractivity contribution in [2.45, 2.75) is 25.9 Å². The normalized spacial score (nSPS) is 12.6. The molecule has 1 unspecified atom stereocenters. The van der Waals surface area contributed by atoms with Crippen LogP contribution in [0.25, 0.3) is 0 Å². The van der Waals surface area contributed by atoms with Gasteiger partial charge in [0, 0.05) is 23.7 Å². The molecule has 0 bridgehead atoms. The highest BCUT2D eigenvalue weighted by atomic mass is 35.5. The monoisotopic (exact) mass is 284 g/mol. The summed E-state index contributed by atoms with van der Waals surface area (Å²) < 4.78 is 13.7. The molecule has 1 aromatic heterocycles. The molecule has 2 rings (SSSR count). The first kappa shape index (κ1) is 13.5. The summed E-state index contributed by atoms with van der Waals surface area (Å²) in [5, 5.41) is 6.44. The number of hydrogen-bond acceptors (Lipinski definition) is 3. The van der Waals surface area contributed by atoms with Crippen LogP contribution >= 0.6 is 22.9 Å². The van der Waals surface area contributed by atoms with Gasteiger partial charge in [-0.05, 0) is 12.5 Å². The van der Waals surface area contributed by atoms with Crippen LogP contribution in [0, 0.1) is 5.82 Å². The van der Waals surface area contributed by atoms with Crippen LogP contribution in [-0.2, 0) is 6.54 Å². The second kappa shape index (κ2) is 6.27. The number of benzene rings is 1. The molecule has 0 aliphatic carbocycles. The number of thiazole rings is 1. The predicted molar refractivity (Wildman–Crippen MR) is 73.4 cm³/mol. The van der Waals surface area contributed by atoms with Crippen LogP contribution in [0.3, 0.4) is 0 Å². The van der Waals surface area contributed by atoms with E-state index in [1.807, 2.05) is 5.38 Å². The third kappa shape index (κ3) is 3.07. The van der Waals surface area contributed by atoms with Crippen molar-refractivity contribution in [2.24, 2.45) is 0 Å². The van der Waals surface area contributed by atoms with Crippen molar-refractivity contribution >= 4 is 22.9 Å². The predicted octanol–water partition coefficient (Wildman–Crippen LogP) is 4.18. The third-order valence-corrected chi connectivity index (χ3v) is 3.91. The molecule has 0 amide bonds. The molecule has 0 saturated heterocycles. The number of halogens is 2. The van der Waals surface area contributed by atoms with E-state index < -0.39 is 0 Å². The van der Waals surface area contributed by atoms with Crippen LogP contribution in [0.1, 0.15) is 30.0 Å². The van der Waals surface area contributed by atoms with Gasteiger partial charge in [-0.15, -0.1) is 11.3 Å². The van der Waals surface area contributed by atoms with E-state index in [2.05, 4.69) is 17.2 Å². The summed E-state index contributed by atoms with van der Waals surface area (Å²) in [6, 6.07) is 5.21. The van der Waals surface area contributed by atoms with Crippen LogP contribution < -0.4 is 5.32 Å². The van der Waals surface area contributed by atoms with Crippen molar-refractivity contribution in [3.05, 3.63) is 51.2 Å². The molecule has 0 aliphatic heterocycles. The van der Waals surface area contributed by atoms with E-state index in [0.29, 0.717) is 12.1 Å². The van der Waals surface area contributed by atoms with Crippen molar-refractivity contribution in [1.29, 1.82) is 0 Å². The largest absolute Gasteiger partial charge is 0.304 e. The Hall–Kier alpha value is -0.970. The van der Waals surface area contributed by atoms with Gasteiger partial charge in [0.25, 0.3) is 0 Å². The lowest BCUT2D eigenvalue weighted by molar-refractivity contribution is 0.502.